The quantitative estimate of drug-likeness (QED) is 0.808. The number of nitrogens with zero attached hydrogens (tertiary/aromatic N) is 2. The fourth-order valence-corrected chi connectivity index (χ4v) is 2.82. The first-order valence-electron chi connectivity index (χ1n) is 7.16. The highest BCUT2D eigenvalue weighted by Crippen LogP contribution is 2.30. The molecule has 20 heavy (non-hydrogen) atoms. The maximum absolute atomic E-state index is 12.7. The van der Waals surface area contributed by atoms with Gasteiger partial charge in [-0.2, -0.15) is 0 Å². The summed E-state index contributed by atoms with van der Waals surface area (Å²) in [6.07, 6.45) is 2.02. The van der Waals surface area contributed by atoms with Crippen molar-refractivity contribution in [3.63, 3.8) is 0 Å². The first-order chi connectivity index (χ1) is 9.22. The first kappa shape index (κ1) is 16.6. The third-order valence-corrected chi connectivity index (χ3v) is 4.19. The Morgan fingerprint density at radius 1 is 1.40 bits per heavy atom. The van der Waals surface area contributed by atoms with Gasteiger partial charge in [-0.3, -0.25) is 4.79 Å². The van der Waals surface area contributed by atoms with Crippen LogP contribution in [0.4, 0.5) is 4.79 Å². The molecule has 0 aromatic carbocycles. The second-order valence-corrected chi connectivity index (χ2v) is 6.57. The maximum Gasteiger partial charge on any atom is 0.379 e. The minimum atomic E-state index is -0.989. The highest BCUT2D eigenvalue weighted by atomic mass is 16.3. The number of nitroso groups, excluding NO2 is 1. The third-order valence-electron chi connectivity index (χ3n) is 4.19. The Kier molecular flexibility index (Phi) is 5.25. The van der Waals surface area contributed by atoms with Crippen LogP contribution in [0.1, 0.15) is 47.5 Å². The molecule has 6 nitrogen and oxygen atoms in total. The van der Waals surface area contributed by atoms with Gasteiger partial charge >= 0.3 is 6.03 Å². The molecule has 1 heterocycles. The SMILES string of the molecule is CCC1CCN(C(=O)[C@@H](NC(=O)N=O)C(C)(C)C)C1C. The topological polar surface area (TPSA) is 78.8 Å². The number of carbonyl (C=O) groups is 2. The Hall–Kier alpha value is -1.46. The molecule has 1 saturated heterocycles. The molecule has 114 valence electrons. The molecule has 1 aliphatic heterocycles. The Morgan fingerprint density at radius 2 is 2.00 bits per heavy atom. The molecular formula is C14H25N3O3. The number of urea groups is 1. The monoisotopic (exact) mass is 283 g/mol. The summed E-state index contributed by atoms with van der Waals surface area (Å²) in [5.41, 5.74) is -0.471. The fourth-order valence-electron chi connectivity index (χ4n) is 2.82. The molecule has 0 spiro atoms. The van der Waals surface area contributed by atoms with Crippen LogP contribution in [-0.2, 0) is 4.79 Å². The van der Waals surface area contributed by atoms with Gasteiger partial charge in [0, 0.05) is 17.8 Å². The van der Waals surface area contributed by atoms with Crippen LogP contribution in [0.25, 0.3) is 0 Å². The summed E-state index contributed by atoms with van der Waals surface area (Å²) >= 11 is 0. The lowest BCUT2D eigenvalue weighted by Crippen LogP contribution is -2.55. The summed E-state index contributed by atoms with van der Waals surface area (Å²) in [4.78, 5) is 36.0. The van der Waals surface area contributed by atoms with Gasteiger partial charge in [-0.1, -0.05) is 34.1 Å². The van der Waals surface area contributed by atoms with E-state index in [1.807, 2.05) is 32.6 Å². The average Bonchev–Trinajstić information content (AvgIpc) is 2.74. The van der Waals surface area contributed by atoms with E-state index in [0.717, 1.165) is 12.8 Å². The summed E-state index contributed by atoms with van der Waals surface area (Å²) in [6.45, 7) is 10.4. The molecule has 0 aromatic heterocycles. The van der Waals surface area contributed by atoms with Crippen LogP contribution in [0.15, 0.2) is 5.18 Å². The number of hydrogen-bond acceptors (Lipinski definition) is 3. The number of likely N-dealkylation sites (tertiary alicyclic amines) is 1. The van der Waals surface area contributed by atoms with Crippen molar-refractivity contribution in [2.24, 2.45) is 16.5 Å². The second kappa shape index (κ2) is 6.33. The van der Waals surface area contributed by atoms with Crippen LogP contribution in [0.5, 0.6) is 0 Å². The normalized spacial score (nSPS) is 24.4. The van der Waals surface area contributed by atoms with E-state index in [0.29, 0.717) is 12.5 Å². The molecule has 1 rings (SSSR count). The zero-order valence-electron chi connectivity index (χ0n) is 13.0. The number of nitrogens with one attached hydrogen (secondary N) is 1. The molecule has 1 N–H and O–H groups in total. The van der Waals surface area contributed by atoms with Crippen LogP contribution >= 0.6 is 0 Å². The van der Waals surface area contributed by atoms with Crippen molar-refractivity contribution in [2.75, 3.05) is 6.54 Å². The van der Waals surface area contributed by atoms with Crippen LogP contribution in [0, 0.1) is 16.2 Å². The smallest absolute Gasteiger partial charge is 0.338 e. The third kappa shape index (κ3) is 3.55. The molecular weight excluding hydrogens is 258 g/mol. The number of amides is 3. The summed E-state index contributed by atoms with van der Waals surface area (Å²) in [7, 11) is 0. The number of carbonyl (C=O) groups excluding carboxylic acids is 2. The van der Waals surface area contributed by atoms with E-state index in [9.17, 15) is 14.5 Å². The van der Waals surface area contributed by atoms with Crippen molar-refractivity contribution < 1.29 is 9.59 Å². The number of rotatable bonds is 3. The molecule has 0 aliphatic carbocycles. The molecule has 3 atom stereocenters. The van der Waals surface area contributed by atoms with E-state index in [-0.39, 0.29) is 11.9 Å². The Bertz CT molecular complexity index is 390. The van der Waals surface area contributed by atoms with Crippen LogP contribution in [0.3, 0.4) is 0 Å². The van der Waals surface area contributed by atoms with Crippen molar-refractivity contribution in [3.05, 3.63) is 4.91 Å². The van der Waals surface area contributed by atoms with E-state index in [2.05, 4.69) is 17.4 Å². The van der Waals surface area contributed by atoms with E-state index >= 15 is 0 Å². The van der Waals surface area contributed by atoms with Gasteiger partial charge in [0.15, 0.2) is 0 Å². The van der Waals surface area contributed by atoms with E-state index in [1.54, 1.807) is 0 Å². The van der Waals surface area contributed by atoms with Gasteiger partial charge < -0.3 is 10.2 Å². The van der Waals surface area contributed by atoms with Crippen LogP contribution in [-0.4, -0.2) is 35.5 Å². The van der Waals surface area contributed by atoms with Gasteiger partial charge in [-0.25, -0.2) is 4.79 Å². The molecule has 1 fully saturated rings. The Morgan fingerprint density at radius 3 is 2.40 bits per heavy atom. The van der Waals surface area contributed by atoms with Gasteiger partial charge in [0.1, 0.15) is 6.04 Å². The summed E-state index contributed by atoms with van der Waals surface area (Å²) in [5, 5.41) is 4.76. The zero-order chi connectivity index (χ0) is 15.5. The van der Waals surface area contributed by atoms with Crippen molar-refractivity contribution in [1.82, 2.24) is 10.2 Å². The highest BCUT2D eigenvalue weighted by Gasteiger charge is 2.41. The summed E-state index contributed by atoms with van der Waals surface area (Å²) < 4.78 is 0. The molecule has 0 radical (unpaired) electrons. The average molecular weight is 283 g/mol. The first-order valence-corrected chi connectivity index (χ1v) is 7.16. The molecule has 2 unspecified atom stereocenters. The van der Waals surface area contributed by atoms with Gasteiger partial charge in [0.2, 0.25) is 5.91 Å². The molecule has 3 amide bonds. The van der Waals surface area contributed by atoms with E-state index < -0.39 is 17.5 Å². The molecule has 6 heteroatoms. The second-order valence-electron chi connectivity index (χ2n) is 6.57. The zero-order valence-corrected chi connectivity index (χ0v) is 13.0. The highest BCUT2D eigenvalue weighted by molar-refractivity contribution is 5.88. The van der Waals surface area contributed by atoms with Crippen molar-refractivity contribution in [1.29, 1.82) is 0 Å². The minimum Gasteiger partial charge on any atom is -0.338 e. The van der Waals surface area contributed by atoms with E-state index in [1.165, 1.54) is 0 Å². The predicted octanol–water partition coefficient (Wildman–Crippen LogP) is 2.52. The van der Waals surface area contributed by atoms with Crippen molar-refractivity contribution >= 4 is 11.9 Å². The predicted molar refractivity (Wildman–Crippen MR) is 77.1 cm³/mol. The Balaban J connectivity index is 2.89. The molecule has 0 saturated carbocycles. The fraction of sp³-hybridized carbons (Fsp3) is 0.857. The minimum absolute atomic E-state index is 0.127. The summed E-state index contributed by atoms with van der Waals surface area (Å²) in [6, 6.07) is -1.55. The lowest BCUT2D eigenvalue weighted by Gasteiger charge is -2.35. The lowest BCUT2D eigenvalue weighted by molar-refractivity contribution is -0.136. The molecule has 1 aliphatic rings. The molecule has 0 bridgehead atoms. The van der Waals surface area contributed by atoms with Gasteiger partial charge in [-0.05, 0) is 24.7 Å². The standard InChI is InChI=1S/C14H25N3O3/c1-6-10-7-8-17(9(10)2)12(18)11(14(3,4)5)15-13(19)16-20/h9-11H,6-8H2,1-5H3,(H,15,19)/t9?,10?,11-/m1/s1. The number of hydrogen-bond donors (Lipinski definition) is 1. The van der Waals surface area contributed by atoms with Gasteiger partial charge in [-0.15, -0.1) is 4.91 Å². The Labute approximate surface area is 120 Å². The maximum atomic E-state index is 12.7. The lowest BCUT2D eigenvalue weighted by atomic mass is 9.85. The summed E-state index contributed by atoms with van der Waals surface area (Å²) in [5.74, 6) is 0.373. The molecule has 0 aromatic rings. The van der Waals surface area contributed by atoms with Gasteiger partial charge in [0.25, 0.3) is 0 Å². The van der Waals surface area contributed by atoms with Crippen molar-refractivity contribution in [3.8, 4) is 0 Å². The van der Waals surface area contributed by atoms with Crippen LogP contribution < -0.4 is 5.32 Å². The van der Waals surface area contributed by atoms with E-state index in [4.69, 9.17) is 0 Å². The van der Waals surface area contributed by atoms with Crippen LogP contribution in [0.2, 0.25) is 0 Å². The largest absolute Gasteiger partial charge is 0.379 e. The van der Waals surface area contributed by atoms with Crippen molar-refractivity contribution in [2.45, 2.75) is 59.5 Å². The van der Waals surface area contributed by atoms with Gasteiger partial charge in [0.05, 0.1) is 0 Å².